The van der Waals surface area contributed by atoms with Crippen LogP contribution in [0.5, 0.6) is 11.5 Å². The number of nitrogens with zero attached hydrogens (tertiary/aromatic N) is 1. The van der Waals surface area contributed by atoms with E-state index in [-0.39, 0.29) is 30.9 Å². The summed E-state index contributed by atoms with van der Waals surface area (Å²) >= 11 is 0. The minimum atomic E-state index is -0.804. The Hall–Kier alpha value is -1.74. The average Bonchev–Trinajstić information content (AvgIpc) is 2.80. The number of hydrogen-bond donors (Lipinski definition) is 3. The molecule has 0 aromatic heterocycles. The zero-order valence-electron chi connectivity index (χ0n) is 21.7. The lowest BCUT2D eigenvalue weighted by Gasteiger charge is -2.28. The van der Waals surface area contributed by atoms with Crippen molar-refractivity contribution in [3.63, 3.8) is 0 Å². The molecule has 0 aliphatic heterocycles. The summed E-state index contributed by atoms with van der Waals surface area (Å²) in [6, 6.07) is 5.38. The molecule has 1 aromatic carbocycles. The van der Waals surface area contributed by atoms with Gasteiger partial charge in [-0.1, -0.05) is 19.9 Å². The van der Waals surface area contributed by atoms with Crippen LogP contribution in [0.15, 0.2) is 18.2 Å². The van der Waals surface area contributed by atoms with Gasteiger partial charge < -0.3 is 35.3 Å². The van der Waals surface area contributed by atoms with E-state index in [4.69, 9.17) is 19.9 Å². The van der Waals surface area contributed by atoms with Gasteiger partial charge >= 0.3 is 6.03 Å². The van der Waals surface area contributed by atoms with Gasteiger partial charge in [0.15, 0.2) is 11.5 Å². The van der Waals surface area contributed by atoms with E-state index in [1.807, 2.05) is 32.0 Å². The van der Waals surface area contributed by atoms with Crippen molar-refractivity contribution in [1.82, 2.24) is 10.2 Å². The second-order valence-corrected chi connectivity index (χ2v) is 8.71. The standard InChI is InChI=1S/C25H45N3O5.ClH/c1-7-28(8-2)25(30)27-17-22(29)21(26)16-20(18(3)4)14-19-10-11-23(32-6)24(15-19)33-13-9-12-31-5;/h10-11,15,18,20-22,29H,7-9,12-14,16-17,26H2,1-6H3,(H,27,30);1H/t20-,21-,22-;/m0./s1. The highest BCUT2D eigenvalue weighted by Crippen LogP contribution is 2.31. The van der Waals surface area contributed by atoms with E-state index in [2.05, 4.69) is 19.2 Å². The third kappa shape index (κ3) is 11.1. The van der Waals surface area contributed by atoms with E-state index in [1.165, 1.54) is 0 Å². The molecule has 0 aliphatic rings. The Morgan fingerprint density at radius 1 is 1.15 bits per heavy atom. The number of aliphatic hydroxyl groups excluding tert-OH is 1. The zero-order chi connectivity index (χ0) is 24.8. The number of halogens is 1. The summed E-state index contributed by atoms with van der Waals surface area (Å²) in [6.07, 6.45) is 1.45. The van der Waals surface area contributed by atoms with Crippen LogP contribution in [0.2, 0.25) is 0 Å². The molecule has 0 bridgehead atoms. The van der Waals surface area contributed by atoms with Gasteiger partial charge in [0.05, 0.1) is 19.8 Å². The zero-order valence-corrected chi connectivity index (χ0v) is 22.5. The average molecular weight is 504 g/mol. The number of carbonyl (C=O) groups excluding carboxylic acids is 1. The number of nitrogens with two attached hydrogens (primary N) is 1. The van der Waals surface area contributed by atoms with E-state index in [1.54, 1.807) is 19.1 Å². The lowest BCUT2D eigenvalue weighted by molar-refractivity contribution is 0.122. The molecule has 0 fully saturated rings. The number of urea groups is 1. The fourth-order valence-corrected chi connectivity index (χ4v) is 3.71. The maximum atomic E-state index is 12.1. The molecule has 1 rings (SSSR count). The molecule has 0 saturated carbocycles. The first-order chi connectivity index (χ1) is 15.8. The Balaban J connectivity index is 0.0000109. The van der Waals surface area contributed by atoms with Crippen molar-refractivity contribution < 1.29 is 24.1 Å². The Bertz CT molecular complexity index is 689. The summed E-state index contributed by atoms with van der Waals surface area (Å²) in [4.78, 5) is 13.8. The molecular formula is C25H46ClN3O5. The molecule has 0 saturated heterocycles. The Kier molecular flexibility index (Phi) is 16.8. The molecule has 0 spiro atoms. The number of carbonyl (C=O) groups is 1. The van der Waals surface area contributed by atoms with Crippen molar-refractivity contribution in [2.24, 2.45) is 17.6 Å². The van der Waals surface area contributed by atoms with Crippen molar-refractivity contribution in [3.8, 4) is 11.5 Å². The smallest absolute Gasteiger partial charge is 0.317 e. The molecule has 8 nitrogen and oxygen atoms in total. The number of aliphatic hydroxyl groups is 1. The van der Waals surface area contributed by atoms with Crippen molar-refractivity contribution in [3.05, 3.63) is 23.8 Å². The first kappa shape index (κ1) is 32.3. The van der Waals surface area contributed by atoms with Crippen LogP contribution in [0.4, 0.5) is 4.79 Å². The highest BCUT2D eigenvalue weighted by molar-refractivity contribution is 5.85. The Morgan fingerprint density at radius 3 is 2.38 bits per heavy atom. The third-order valence-corrected chi connectivity index (χ3v) is 6.00. The second-order valence-electron chi connectivity index (χ2n) is 8.71. The monoisotopic (exact) mass is 503 g/mol. The summed E-state index contributed by atoms with van der Waals surface area (Å²) in [7, 11) is 3.31. The van der Waals surface area contributed by atoms with Crippen LogP contribution in [0.1, 0.15) is 46.1 Å². The van der Waals surface area contributed by atoms with E-state index in [9.17, 15) is 9.90 Å². The number of nitrogens with one attached hydrogen (secondary N) is 1. The van der Waals surface area contributed by atoms with Gasteiger partial charge in [-0.25, -0.2) is 4.79 Å². The normalized spacial score (nSPS) is 13.6. The molecule has 0 unspecified atom stereocenters. The van der Waals surface area contributed by atoms with Crippen LogP contribution in [0.25, 0.3) is 0 Å². The van der Waals surface area contributed by atoms with Crippen LogP contribution in [0, 0.1) is 11.8 Å². The van der Waals surface area contributed by atoms with Crippen LogP contribution in [0.3, 0.4) is 0 Å². The number of benzene rings is 1. The van der Waals surface area contributed by atoms with Crippen molar-refractivity contribution in [2.75, 3.05) is 47.1 Å². The molecule has 34 heavy (non-hydrogen) atoms. The maximum absolute atomic E-state index is 12.1. The van der Waals surface area contributed by atoms with E-state index >= 15 is 0 Å². The van der Waals surface area contributed by atoms with Gasteiger partial charge in [-0.2, -0.15) is 0 Å². The SMILES string of the molecule is CCN(CC)C(=O)NC[C@H](O)[C@@H](N)C[C@H](Cc1ccc(OC)c(OCCCOC)c1)C(C)C.Cl. The maximum Gasteiger partial charge on any atom is 0.317 e. The van der Waals surface area contributed by atoms with E-state index < -0.39 is 12.1 Å². The van der Waals surface area contributed by atoms with Gasteiger partial charge in [0.25, 0.3) is 0 Å². The van der Waals surface area contributed by atoms with Crippen molar-refractivity contribution in [2.45, 2.75) is 59.1 Å². The molecule has 2 amide bonds. The van der Waals surface area contributed by atoms with E-state index in [0.717, 1.165) is 24.2 Å². The fraction of sp³-hybridized carbons (Fsp3) is 0.720. The number of amides is 2. The Morgan fingerprint density at radius 2 is 1.82 bits per heavy atom. The largest absolute Gasteiger partial charge is 0.493 e. The molecule has 3 atom stereocenters. The van der Waals surface area contributed by atoms with Gasteiger partial charge in [-0.05, 0) is 56.2 Å². The number of hydrogen-bond acceptors (Lipinski definition) is 6. The highest BCUT2D eigenvalue weighted by Gasteiger charge is 2.24. The summed E-state index contributed by atoms with van der Waals surface area (Å²) in [6.45, 7) is 10.8. The van der Waals surface area contributed by atoms with Crippen molar-refractivity contribution >= 4 is 18.4 Å². The predicted molar refractivity (Wildman–Crippen MR) is 139 cm³/mol. The lowest BCUT2D eigenvalue weighted by atomic mass is 9.83. The predicted octanol–water partition coefficient (Wildman–Crippen LogP) is 3.48. The quantitative estimate of drug-likeness (QED) is 0.298. The Labute approximate surface area is 211 Å². The molecule has 0 radical (unpaired) electrons. The first-order valence-corrected chi connectivity index (χ1v) is 12.0. The first-order valence-electron chi connectivity index (χ1n) is 12.0. The summed E-state index contributed by atoms with van der Waals surface area (Å²) in [5.74, 6) is 2.06. The van der Waals surface area contributed by atoms with E-state index in [0.29, 0.717) is 44.4 Å². The molecule has 198 valence electrons. The minimum absolute atomic E-state index is 0. The molecule has 1 aromatic rings. The fourth-order valence-electron chi connectivity index (χ4n) is 3.71. The van der Waals surface area contributed by atoms with Crippen LogP contribution >= 0.6 is 12.4 Å². The molecule has 9 heteroatoms. The summed E-state index contributed by atoms with van der Waals surface area (Å²) in [5.41, 5.74) is 7.47. The van der Waals surface area contributed by atoms with Crippen LogP contribution < -0.4 is 20.5 Å². The number of ether oxygens (including phenoxy) is 3. The molecule has 0 heterocycles. The third-order valence-electron chi connectivity index (χ3n) is 6.00. The van der Waals surface area contributed by atoms with Crippen LogP contribution in [-0.4, -0.2) is 75.3 Å². The topological polar surface area (TPSA) is 106 Å². The van der Waals surface area contributed by atoms with Crippen LogP contribution in [-0.2, 0) is 11.2 Å². The lowest BCUT2D eigenvalue weighted by Crippen LogP contribution is -2.48. The molecule has 4 N–H and O–H groups in total. The second kappa shape index (κ2) is 17.7. The van der Waals surface area contributed by atoms with Gasteiger partial charge in [-0.3, -0.25) is 0 Å². The minimum Gasteiger partial charge on any atom is -0.493 e. The van der Waals surface area contributed by atoms with Gasteiger partial charge in [-0.15, -0.1) is 12.4 Å². The highest BCUT2D eigenvalue weighted by atomic mass is 35.5. The number of rotatable bonds is 16. The summed E-state index contributed by atoms with van der Waals surface area (Å²) < 4.78 is 16.4. The number of methoxy groups -OCH3 is 2. The van der Waals surface area contributed by atoms with Gasteiger partial charge in [0.2, 0.25) is 0 Å². The van der Waals surface area contributed by atoms with Gasteiger partial charge in [0.1, 0.15) is 0 Å². The molecule has 0 aliphatic carbocycles. The molecular weight excluding hydrogens is 458 g/mol. The van der Waals surface area contributed by atoms with Crippen molar-refractivity contribution in [1.29, 1.82) is 0 Å². The van der Waals surface area contributed by atoms with Gasteiger partial charge in [0, 0.05) is 45.8 Å². The summed E-state index contributed by atoms with van der Waals surface area (Å²) in [5, 5.41) is 13.3.